The third-order valence-corrected chi connectivity index (χ3v) is 2.75. The van der Waals surface area contributed by atoms with Crippen LogP contribution in [0.3, 0.4) is 0 Å². The van der Waals surface area contributed by atoms with E-state index in [4.69, 9.17) is 4.74 Å². The van der Waals surface area contributed by atoms with Gasteiger partial charge in [-0.15, -0.1) is 0 Å². The van der Waals surface area contributed by atoms with Gasteiger partial charge in [-0.25, -0.2) is 0 Å². The molecule has 0 spiro atoms. The monoisotopic (exact) mass is 265 g/mol. The molecule has 5 nitrogen and oxygen atoms in total. The first-order valence-electron chi connectivity index (χ1n) is 6.01. The van der Waals surface area contributed by atoms with Gasteiger partial charge in [-0.3, -0.25) is 9.59 Å². The number of carbonyl (C=O) groups is 2. The fraction of sp³-hybridized carbons (Fsp3) is 0.429. The van der Waals surface area contributed by atoms with Gasteiger partial charge in [0.25, 0.3) is 5.91 Å². The molecular weight excluding hydrogens is 246 g/mol. The van der Waals surface area contributed by atoms with Crippen molar-refractivity contribution in [2.45, 2.75) is 19.9 Å². The highest BCUT2D eigenvalue weighted by Gasteiger charge is 2.21. The van der Waals surface area contributed by atoms with Gasteiger partial charge in [0.1, 0.15) is 12.3 Å². The molecule has 1 amide bonds. The first-order chi connectivity index (χ1) is 8.99. The van der Waals surface area contributed by atoms with Gasteiger partial charge in [0.2, 0.25) is 0 Å². The van der Waals surface area contributed by atoms with Crippen LogP contribution in [0.2, 0.25) is 0 Å². The summed E-state index contributed by atoms with van der Waals surface area (Å²) in [6.07, 6.45) is 0. The second-order valence-electron chi connectivity index (χ2n) is 4.33. The van der Waals surface area contributed by atoms with E-state index in [-0.39, 0.29) is 18.5 Å². The Morgan fingerprint density at radius 1 is 1.16 bits per heavy atom. The summed E-state index contributed by atoms with van der Waals surface area (Å²) < 4.78 is 9.64. The van der Waals surface area contributed by atoms with Gasteiger partial charge in [0.05, 0.1) is 14.2 Å². The summed E-state index contributed by atoms with van der Waals surface area (Å²) in [4.78, 5) is 25.1. The smallest absolute Gasteiger partial charge is 0.325 e. The van der Waals surface area contributed by atoms with Crippen LogP contribution in [0.15, 0.2) is 24.3 Å². The Kier molecular flexibility index (Phi) is 5.36. The molecule has 104 valence electrons. The molecule has 0 fully saturated rings. The molecule has 0 bridgehead atoms. The highest BCUT2D eigenvalue weighted by atomic mass is 16.5. The molecule has 0 heterocycles. The molecule has 0 N–H and O–H groups in total. The van der Waals surface area contributed by atoms with E-state index in [9.17, 15) is 9.59 Å². The summed E-state index contributed by atoms with van der Waals surface area (Å²) in [5.74, 6) is 0.0410. The number of carbonyl (C=O) groups excluding carboxylic acids is 2. The van der Waals surface area contributed by atoms with Crippen LogP contribution in [-0.4, -0.2) is 43.6 Å². The highest BCUT2D eigenvalue weighted by molar-refractivity contribution is 5.96. The molecule has 0 aliphatic heterocycles. The molecule has 19 heavy (non-hydrogen) atoms. The second-order valence-corrected chi connectivity index (χ2v) is 4.33. The number of hydrogen-bond donors (Lipinski definition) is 0. The maximum atomic E-state index is 12.3. The third-order valence-electron chi connectivity index (χ3n) is 2.75. The quantitative estimate of drug-likeness (QED) is 0.761. The summed E-state index contributed by atoms with van der Waals surface area (Å²) in [6, 6.07) is 6.68. The second kappa shape index (κ2) is 6.78. The van der Waals surface area contributed by atoms with Crippen LogP contribution in [0, 0.1) is 0 Å². The number of methoxy groups -OCH3 is 2. The maximum absolute atomic E-state index is 12.3. The summed E-state index contributed by atoms with van der Waals surface area (Å²) in [7, 11) is 2.87. The lowest BCUT2D eigenvalue weighted by atomic mass is 10.1. The lowest BCUT2D eigenvalue weighted by Gasteiger charge is -2.25. The van der Waals surface area contributed by atoms with Gasteiger partial charge in [0, 0.05) is 11.6 Å². The Labute approximate surface area is 113 Å². The van der Waals surface area contributed by atoms with Crippen LogP contribution in [0.25, 0.3) is 0 Å². The summed E-state index contributed by atoms with van der Waals surface area (Å²) >= 11 is 0. The van der Waals surface area contributed by atoms with Crippen molar-refractivity contribution in [3.05, 3.63) is 29.8 Å². The Morgan fingerprint density at radius 2 is 1.74 bits per heavy atom. The zero-order valence-corrected chi connectivity index (χ0v) is 11.7. The van der Waals surface area contributed by atoms with Gasteiger partial charge in [-0.05, 0) is 38.1 Å². The normalized spacial score (nSPS) is 10.2. The largest absolute Gasteiger partial charge is 0.497 e. The number of hydrogen-bond acceptors (Lipinski definition) is 4. The van der Waals surface area contributed by atoms with E-state index in [2.05, 4.69) is 4.74 Å². The van der Waals surface area contributed by atoms with Crippen LogP contribution in [0.5, 0.6) is 5.75 Å². The molecule has 1 aromatic carbocycles. The maximum Gasteiger partial charge on any atom is 0.325 e. The van der Waals surface area contributed by atoms with Crippen molar-refractivity contribution in [2.75, 3.05) is 20.8 Å². The van der Waals surface area contributed by atoms with E-state index < -0.39 is 5.97 Å². The molecule has 0 unspecified atom stereocenters. The lowest BCUT2D eigenvalue weighted by Crippen LogP contribution is -2.41. The summed E-state index contributed by atoms with van der Waals surface area (Å²) in [5, 5.41) is 0. The first kappa shape index (κ1) is 15.0. The van der Waals surface area contributed by atoms with Crippen molar-refractivity contribution in [3.63, 3.8) is 0 Å². The van der Waals surface area contributed by atoms with Crippen LogP contribution in [0.4, 0.5) is 0 Å². The number of esters is 1. The molecule has 0 atom stereocenters. The molecule has 0 aliphatic carbocycles. The van der Waals surface area contributed by atoms with Crippen molar-refractivity contribution in [3.8, 4) is 5.75 Å². The minimum Gasteiger partial charge on any atom is -0.497 e. The molecule has 0 aliphatic rings. The lowest BCUT2D eigenvalue weighted by molar-refractivity contribution is -0.141. The minimum absolute atomic E-state index is 0.0565. The van der Waals surface area contributed by atoms with Gasteiger partial charge in [-0.2, -0.15) is 0 Å². The zero-order chi connectivity index (χ0) is 14.4. The van der Waals surface area contributed by atoms with E-state index in [1.807, 2.05) is 13.8 Å². The van der Waals surface area contributed by atoms with Gasteiger partial charge in [0.15, 0.2) is 0 Å². The number of nitrogens with zero attached hydrogens (tertiary/aromatic N) is 1. The topological polar surface area (TPSA) is 55.8 Å². The average molecular weight is 265 g/mol. The Morgan fingerprint density at radius 3 is 2.16 bits per heavy atom. The first-order valence-corrected chi connectivity index (χ1v) is 6.01. The van der Waals surface area contributed by atoms with Crippen LogP contribution >= 0.6 is 0 Å². The van der Waals surface area contributed by atoms with E-state index in [1.54, 1.807) is 31.4 Å². The Balaban J connectivity index is 2.89. The number of ether oxygens (including phenoxy) is 2. The summed E-state index contributed by atoms with van der Waals surface area (Å²) in [5.41, 5.74) is 0.512. The third kappa shape index (κ3) is 3.98. The van der Waals surface area contributed by atoms with E-state index in [0.29, 0.717) is 11.3 Å². The fourth-order valence-corrected chi connectivity index (χ4v) is 1.59. The zero-order valence-electron chi connectivity index (χ0n) is 11.7. The predicted molar refractivity (Wildman–Crippen MR) is 71.2 cm³/mol. The Bertz CT molecular complexity index is 439. The molecule has 1 aromatic rings. The van der Waals surface area contributed by atoms with Crippen molar-refractivity contribution in [1.29, 1.82) is 0 Å². The van der Waals surface area contributed by atoms with E-state index in [1.165, 1.54) is 12.0 Å². The predicted octanol–water partition coefficient (Wildman–Crippen LogP) is 1.72. The SMILES string of the molecule is COC(=O)CN(C(=O)c1ccc(OC)cc1)C(C)C. The van der Waals surface area contributed by atoms with Crippen LogP contribution < -0.4 is 4.74 Å². The number of rotatable bonds is 5. The molecular formula is C14H19NO4. The van der Waals surface area contributed by atoms with Crippen molar-refractivity contribution in [1.82, 2.24) is 4.90 Å². The molecule has 0 saturated heterocycles. The van der Waals surface area contributed by atoms with E-state index in [0.717, 1.165) is 0 Å². The van der Waals surface area contributed by atoms with Crippen LogP contribution in [0.1, 0.15) is 24.2 Å². The minimum atomic E-state index is -0.435. The molecule has 1 rings (SSSR count). The van der Waals surface area contributed by atoms with Crippen molar-refractivity contribution in [2.24, 2.45) is 0 Å². The van der Waals surface area contributed by atoms with Crippen molar-refractivity contribution >= 4 is 11.9 Å². The van der Waals surface area contributed by atoms with Gasteiger partial charge in [-0.1, -0.05) is 0 Å². The highest BCUT2D eigenvalue weighted by Crippen LogP contribution is 2.14. The number of amides is 1. The molecule has 5 heteroatoms. The number of benzene rings is 1. The average Bonchev–Trinajstić information content (AvgIpc) is 2.43. The summed E-state index contributed by atoms with van der Waals surface area (Å²) in [6.45, 7) is 3.65. The van der Waals surface area contributed by atoms with Crippen LogP contribution in [-0.2, 0) is 9.53 Å². The molecule has 0 aromatic heterocycles. The molecule has 0 saturated carbocycles. The Hall–Kier alpha value is -2.04. The molecule has 0 radical (unpaired) electrons. The van der Waals surface area contributed by atoms with E-state index >= 15 is 0 Å². The van der Waals surface area contributed by atoms with Gasteiger partial charge < -0.3 is 14.4 Å². The van der Waals surface area contributed by atoms with Crippen molar-refractivity contribution < 1.29 is 19.1 Å². The van der Waals surface area contributed by atoms with Gasteiger partial charge >= 0.3 is 5.97 Å². The fourth-order valence-electron chi connectivity index (χ4n) is 1.59. The standard InChI is InChI=1S/C14H19NO4/c1-10(2)15(9-13(16)19-4)14(17)11-5-7-12(18-3)8-6-11/h5-8,10H,9H2,1-4H3.